The van der Waals surface area contributed by atoms with Gasteiger partial charge in [-0.15, -0.1) is 0 Å². The van der Waals surface area contributed by atoms with Gasteiger partial charge in [0.1, 0.15) is 12.2 Å². The Morgan fingerprint density at radius 1 is 0.941 bits per heavy atom. The van der Waals surface area contributed by atoms with E-state index < -0.39 is 0 Å². The summed E-state index contributed by atoms with van der Waals surface area (Å²) in [6.07, 6.45) is 0. The van der Waals surface area contributed by atoms with Crippen molar-refractivity contribution in [3.05, 3.63) is 87.7 Å². The molecule has 3 aromatic carbocycles. The number of fused-ring (bicyclic) bond motifs is 2. The Bertz CT molecular complexity index is 1410. The number of pyridine rings is 1. The highest BCUT2D eigenvalue weighted by molar-refractivity contribution is 6.31. The smallest absolute Gasteiger partial charge is 0.272 e. The molecular formula is C27H25ClN3O3+. The van der Waals surface area contributed by atoms with E-state index in [2.05, 4.69) is 34.1 Å². The van der Waals surface area contributed by atoms with Gasteiger partial charge in [0.15, 0.2) is 11.5 Å². The highest BCUT2D eigenvalue weighted by atomic mass is 35.5. The second-order valence-corrected chi connectivity index (χ2v) is 9.27. The molecule has 172 valence electrons. The second-order valence-electron chi connectivity index (χ2n) is 8.84. The van der Waals surface area contributed by atoms with E-state index in [4.69, 9.17) is 21.1 Å². The molecule has 6 nitrogen and oxygen atoms in total. The van der Waals surface area contributed by atoms with Crippen molar-refractivity contribution >= 4 is 28.2 Å². The number of halogens is 1. The van der Waals surface area contributed by atoms with Gasteiger partial charge in [-0.05, 0) is 42.0 Å². The van der Waals surface area contributed by atoms with Crippen LogP contribution in [0.3, 0.4) is 0 Å². The molecule has 0 spiro atoms. The number of quaternary nitrogens is 1. The Morgan fingerprint density at radius 2 is 1.74 bits per heavy atom. The zero-order valence-electron chi connectivity index (χ0n) is 18.6. The predicted octanol–water partition coefficient (Wildman–Crippen LogP) is 3.48. The molecule has 0 radical (unpaired) electrons. The van der Waals surface area contributed by atoms with Crippen LogP contribution in [0, 0.1) is 0 Å². The molecule has 1 aromatic heterocycles. The molecule has 1 saturated heterocycles. The molecule has 1 fully saturated rings. The second kappa shape index (κ2) is 8.70. The maximum Gasteiger partial charge on any atom is 0.272 e. The van der Waals surface area contributed by atoms with Crippen molar-refractivity contribution in [1.82, 2.24) is 4.98 Å². The van der Waals surface area contributed by atoms with Crippen LogP contribution in [0.25, 0.3) is 22.0 Å². The Labute approximate surface area is 202 Å². The number of hydrogen-bond acceptors (Lipinski definition) is 4. The zero-order chi connectivity index (χ0) is 23.1. The Hall–Kier alpha value is -3.48. The number of hydrogen-bond donors (Lipinski definition) is 2. The fourth-order valence-electron chi connectivity index (χ4n) is 5.02. The van der Waals surface area contributed by atoms with Crippen molar-refractivity contribution in [2.24, 2.45) is 0 Å². The first-order chi connectivity index (χ1) is 16.7. The highest BCUT2D eigenvalue weighted by Gasteiger charge is 2.26. The minimum atomic E-state index is -0.0621. The van der Waals surface area contributed by atoms with Gasteiger partial charge in [-0.2, -0.15) is 0 Å². The van der Waals surface area contributed by atoms with E-state index >= 15 is 0 Å². The van der Waals surface area contributed by atoms with Gasteiger partial charge in [-0.3, -0.25) is 4.79 Å². The topological polar surface area (TPSA) is 59.0 Å². The molecule has 7 heteroatoms. The van der Waals surface area contributed by atoms with E-state index in [-0.39, 0.29) is 5.56 Å². The summed E-state index contributed by atoms with van der Waals surface area (Å²) in [6.45, 7) is 4.69. The first-order valence-electron chi connectivity index (χ1n) is 11.5. The first kappa shape index (κ1) is 21.1. The highest BCUT2D eigenvalue weighted by Crippen LogP contribution is 2.36. The maximum atomic E-state index is 13.3. The van der Waals surface area contributed by atoms with Gasteiger partial charge in [0.05, 0.1) is 26.2 Å². The average Bonchev–Trinajstić information content (AvgIpc) is 3.33. The van der Waals surface area contributed by atoms with Gasteiger partial charge in [0.2, 0.25) is 6.79 Å². The number of nitrogens with zero attached hydrogens (tertiary/aromatic N) is 1. The minimum absolute atomic E-state index is 0.0621. The van der Waals surface area contributed by atoms with Crippen molar-refractivity contribution < 1.29 is 14.4 Å². The third-order valence-electron chi connectivity index (χ3n) is 6.69. The van der Waals surface area contributed by atoms with Gasteiger partial charge >= 0.3 is 0 Å². The molecule has 0 amide bonds. The van der Waals surface area contributed by atoms with Crippen molar-refractivity contribution in [3.63, 3.8) is 0 Å². The van der Waals surface area contributed by atoms with Crippen LogP contribution in [0.4, 0.5) is 5.69 Å². The van der Waals surface area contributed by atoms with Gasteiger partial charge in [0, 0.05) is 27.1 Å². The van der Waals surface area contributed by atoms with Gasteiger partial charge in [-0.25, -0.2) is 0 Å². The Kier molecular flexibility index (Phi) is 5.40. The van der Waals surface area contributed by atoms with E-state index in [0.717, 1.165) is 71.9 Å². The normalized spacial score (nSPS) is 15.7. The van der Waals surface area contributed by atoms with Crippen LogP contribution in [0.5, 0.6) is 11.5 Å². The lowest BCUT2D eigenvalue weighted by atomic mass is 9.98. The number of aromatic amines is 1. The quantitative estimate of drug-likeness (QED) is 0.475. The molecular weight excluding hydrogens is 450 g/mol. The number of ether oxygens (including phenoxy) is 2. The number of benzene rings is 3. The number of piperazine rings is 1. The summed E-state index contributed by atoms with van der Waals surface area (Å²) < 4.78 is 11.0. The number of anilines is 1. The van der Waals surface area contributed by atoms with Gasteiger partial charge < -0.3 is 24.3 Å². The predicted molar refractivity (Wildman–Crippen MR) is 134 cm³/mol. The lowest BCUT2D eigenvalue weighted by molar-refractivity contribution is -0.914. The van der Waals surface area contributed by atoms with Gasteiger partial charge in [-0.1, -0.05) is 41.9 Å². The number of H-pyrrole nitrogens is 1. The lowest BCUT2D eigenvalue weighted by Gasteiger charge is -2.34. The van der Waals surface area contributed by atoms with Crippen molar-refractivity contribution in [2.75, 3.05) is 37.9 Å². The summed E-state index contributed by atoms with van der Waals surface area (Å²) in [5.74, 6) is 1.64. The zero-order valence-corrected chi connectivity index (χ0v) is 19.4. The summed E-state index contributed by atoms with van der Waals surface area (Å²) in [7, 11) is 0. The summed E-state index contributed by atoms with van der Waals surface area (Å²) in [4.78, 5) is 20.1. The standard InChI is InChI=1S/C27H24ClN3O3/c28-20-7-8-22-21(15-20)25(19-4-2-1-3-5-19)26(27(32)29-22)31-12-10-30(11-13-31)16-18-6-9-23-24(14-18)34-17-33-23/h1-9,14-15H,10-13,16-17H2,(H,29,32)/p+1. The third kappa shape index (κ3) is 3.89. The molecule has 0 saturated carbocycles. The van der Waals surface area contributed by atoms with E-state index in [9.17, 15) is 4.79 Å². The SMILES string of the molecule is O=c1[nH]c2ccc(Cl)cc2c(-c2ccccc2)c1N1CC[NH+](Cc2ccc3c(c2)OCO3)CC1. The minimum Gasteiger partial charge on any atom is -0.454 e. The number of rotatable bonds is 4. The average molecular weight is 475 g/mol. The molecule has 0 atom stereocenters. The fraction of sp³-hybridized carbons (Fsp3) is 0.222. The van der Waals surface area contributed by atoms with E-state index in [1.54, 1.807) is 0 Å². The van der Waals surface area contributed by atoms with Crippen molar-refractivity contribution in [1.29, 1.82) is 0 Å². The van der Waals surface area contributed by atoms with Gasteiger partial charge in [0.25, 0.3) is 5.56 Å². The molecule has 4 aromatic rings. The van der Waals surface area contributed by atoms with Crippen LogP contribution in [0.1, 0.15) is 5.56 Å². The van der Waals surface area contributed by atoms with E-state index in [1.807, 2.05) is 42.5 Å². The summed E-state index contributed by atoms with van der Waals surface area (Å²) in [5.41, 5.74) is 4.66. The van der Waals surface area contributed by atoms with Crippen LogP contribution in [-0.2, 0) is 6.54 Å². The monoisotopic (exact) mass is 474 g/mol. The molecule has 2 N–H and O–H groups in total. The molecule has 2 aliphatic rings. The van der Waals surface area contributed by atoms with E-state index in [0.29, 0.717) is 11.8 Å². The number of nitrogens with one attached hydrogen (secondary N) is 2. The first-order valence-corrected chi connectivity index (χ1v) is 11.9. The number of aromatic nitrogens is 1. The van der Waals surface area contributed by atoms with E-state index in [1.165, 1.54) is 10.5 Å². The van der Waals surface area contributed by atoms with Crippen LogP contribution in [0.2, 0.25) is 5.02 Å². The molecule has 34 heavy (non-hydrogen) atoms. The molecule has 6 rings (SSSR count). The molecule has 3 heterocycles. The summed E-state index contributed by atoms with van der Waals surface area (Å²) in [5, 5.41) is 1.61. The van der Waals surface area contributed by atoms with Crippen LogP contribution < -0.4 is 24.8 Å². The van der Waals surface area contributed by atoms with Crippen LogP contribution >= 0.6 is 11.6 Å². The Morgan fingerprint density at radius 3 is 2.56 bits per heavy atom. The fourth-order valence-corrected chi connectivity index (χ4v) is 5.19. The van der Waals surface area contributed by atoms with Crippen LogP contribution in [-0.4, -0.2) is 38.0 Å². The summed E-state index contributed by atoms with van der Waals surface area (Å²) in [6, 6.07) is 21.9. The molecule has 0 aliphatic carbocycles. The Balaban J connectivity index is 1.30. The lowest BCUT2D eigenvalue weighted by Crippen LogP contribution is -3.13. The van der Waals surface area contributed by atoms with Crippen LogP contribution in [0.15, 0.2) is 71.5 Å². The molecule has 2 aliphatic heterocycles. The molecule has 0 unspecified atom stereocenters. The maximum absolute atomic E-state index is 13.3. The largest absolute Gasteiger partial charge is 0.454 e. The van der Waals surface area contributed by atoms with Crippen molar-refractivity contribution in [3.8, 4) is 22.6 Å². The summed E-state index contributed by atoms with van der Waals surface area (Å²) >= 11 is 6.36. The third-order valence-corrected chi connectivity index (χ3v) is 6.93. The van der Waals surface area contributed by atoms with Crippen molar-refractivity contribution in [2.45, 2.75) is 6.54 Å². The molecule has 0 bridgehead atoms.